The molecule has 0 spiro atoms. The minimum Gasteiger partial charge on any atom is -0.497 e. The molecule has 0 saturated carbocycles. The molecule has 58 heavy (non-hydrogen) atoms. The fourth-order valence-corrected chi connectivity index (χ4v) is 7.06. The topological polar surface area (TPSA) is 193 Å². The van der Waals surface area contributed by atoms with E-state index < -0.39 is 52.8 Å². The summed E-state index contributed by atoms with van der Waals surface area (Å²) in [6.07, 6.45) is -1.68. The van der Waals surface area contributed by atoms with Gasteiger partial charge >= 0.3 is 18.2 Å². The molecule has 0 bridgehead atoms. The first-order chi connectivity index (χ1) is 27.1. The van der Waals surface area contributed by atoms with Crippen molar-refractivity contribution in [2.75, 3.05) is 65.8 Å². The number of aryl methyl sites for hydroxylation is 1. The number of alkyl halides is 1. The van der Waals surface area contributed by atoms with Crippen LogP contribution >= 0.6 is 11.6 Å². The molecule has 4 aromatic rings. The van der Waals surface area contributed by atoms with Crippen molar-refractivity contribution in [2.24, 2.45) is 5.41 Å². The van der Waals surface area contributed by atoms with Gasteiger partial charge in [-0.3, -0.25) is 19.4 Å². The van der Waals surface area contributed by atoms with E-state index in [-0.39, 0.29) is 42.6 Å². The minimum absolute atomic E-state index is 0.00110. The Morgan fingerprint density at radius 2 is 1.64 bits per heavy atom. The van der Waals surface area contributed by atoms with Crippen molar-refractivity contribution in [3.8, 4) is 11.5 Å². The number of hydrogen-bond donors (Lipinski definition) is 2. The van der Waals surface area contributed by atoms with Crippen LogP contribution in [0.4, 0.5) is 15.3 Å². The Labute approximate surface area is 340 Å². The van der Waals surface area contributed by atoms with Gasteiger partial charge in [-0.2, -0.15) is 0 Å². The summed E-state index contributed by atoms with van der Waals surface area (Å²) >= 11 is 6.51. The van der Waals surface area contributed by atoms with Gasteiger partial charge in [0.15, 0.2) is 11.5 Å². The van der Waals surface area contributed by atoms with Crippen LogP contribution in [0.3, 0.4) is 0 Å². The molecule has 5 amide bonds. The number of nitrogens with one attached hydrogen (secondary N) is 2. The zero-order chi connectivity index (χ0) is 43.0. The number of halogens is 1. The van der Waals surface area contributed by atoms with Gasteiger partial charge in [0.05, 0.1) is 31.0 Å². The number of carbonyl (C=O) groups is 6. The number of fused-ring (bicyclic) bond motifs is 4. The molecule has 2 aromatic carbocycles. The summed E-state index contributed by atoms with van der Waals surface area (Å²) in [6, 6.07) is 8.32. The van der Waals surface area contributed by atoms with Crippen LogP contribution in [-0.2, 0) is 19.1 Å². The summed E-state index contributed by atoms with van der Waals surface area (Å²) in [5.41, 5.74) is 2.30. The summed E-state index contributed by atoms with van der Waals surface area (Å²) in [7, 11) is 7.05. The normalized spacial score (nSPS) is 13.9. The maximum atomic E-state index is 14.2. The van der Waals surface area contributed by atoms with Gasteiger partial charge in [-0.05, 0) is 71.4 Å². The number of nitrogens with zero attached hydrogens (tertiary/aromatic N) is 4. The molecule has 1 aliphatic rings. The van der Waals surface area contributed by atoms with Crippen LogP contribution in [0.2, 0.25) is 0 Å². The highest BCUT2D eigenvalue weighted by molar-refractivity contribution is 6.20. The molecule has 0 saturated heterocycles. The molecule has 0 unspecified atom stereocenters. The number of hydrazine groups is 1. The molecule has 1 atom stereocenters. The van der Waals surface area contributed by atoms with Crippen molar-refractivity contribution in [1.82, 2.24) is 25.2 Å². The second kappa shape index (κ2) is 16.5. The highest BCUT2D eigenvalue weighted by atomic mass is 35.5. The molecule has 18 heteroatoms. The zero-order valence-electron chi connectivity index (χ0n) is 34.5. The van der Waals surface area contributed by atoms with E-state index in [0.29, 0.717) is 44.6 Å². The van der Waals surface area contributed by atoms with Crippen LogP contribution in [0.25, 0.3) is 21.9 Å². The quantitative estimate of drug-likeness (QED) is 0.0848. The molecule has 0 fully saturated rings. The Kier molecular flexibility index (Phi) is 12.3. The predicted octanol–water partition coefficient (Wildman–Crippen LogP) is 5.81. The maximum Gasteiger partial charge on any atom is 0.426 e. The van der Waals surface area contributed by atoms with Gasteiger partial charge < -0.3 is 43.0 Å². The number of likely N-dealkylation sites (N-methyl/N-ethyl adjacent to an activating group) is 2. The molecule has 5 rings (SSSR count). The molecule has 0 aliphatic carbocycles. The summed E-state index contributed by atoms with van der Waals surface area (Å²) in [4.78, 5) is 87.2. The van der Waals surface area contributed by atoms with Gasteiger partial charge in [0.1, 0.15) is 22.3 Å². The highest BCUT2D eigenvalue weighted by Gasteiger charge is 2.42. The Balaban J connectivity index is 1.39. The van der Waals surface area contributed by atoms with Crippen LogP contribution in [0.1, 0.15) is 72.7 Å². The zero-order valence-corrected chi connectivity index (χ0v) is 35.2. The summed E-state index contributed by atoms with van der Waals surface area (Å²) in [5, 5.41) is 1.95. The number of aromatic amines is 1. The van der Waals surface area contributed by atoms with E-state index in [1.54, 1.807) is 58.0 Å². The molecular weight excluding hydrogens is 776 g/mol. The number of furan rings is 1. The smallest absolute Gasteiger partial charge is 0.426 e. The minimum atomic E-state index is -1.60. The molecule has 3 heterocycles. The van der Waals surface area contributed by atoms with Crippen LogP contribution in [0.5, 0.6) is 11.5 Å². The molecule has 0 radical (unpaired) electrons. The largest absolute Gasteiger partial charge is 0.497 e. The van der Waals surface area contributed by atoms with E-state index in [9.17, 15) is 28.8 Å². The first kappa shape index (κ1) is 43.2. The van der Waals surface area contributed by atoms with E-state index >= 15 is 0 Å². The lowest BCUT2D eigenvalue weighted by molar-refractivity contribution is -0.154. The van der Waals surface area contributed by atoms with Gasteiger partial charge in [-0.15, -0.1) is 11.6 Å². The number of anilines is 1. The number of esters is 1. The lowest BCUT2D eigenvalue weighted by atomic mass is 9.90. The summed E-state index contributed by atoms with van der Waals surface area (Å²) < 4.78 is 27.5. The number of ether oxygens (including phenoxy) is 4. The van der Waals surface area contributed by atoms with E-state index in [4.69, 9.17) is 35.0 Å². The number of aromatic nitrogens is 1. The van der Waals surface area contributed by atoms with Crippen LogP contribution in [0, 0.1) is 12.3 Å². The third-order valence-electron chi connectivity index (χ3n) is 9.76. The van der Waals surface area contributed by atoms with Gasteiger partial charge in [-0.25, -0.2) is 19.8 Å². The second-order valence-corrected chi connectivity index (χ2v) is 15.9. The van der Waals surface area contributed by atoms with Gasteiger partial charge in [0.2, 0.25) is 5.91 Å². The average molecular weight is 825 g/mol. The average Bonchev–Trinajstić information content (AvgIpc) is 3.87. The highest BCUT2D eigenvalue weighted by Crippen LogP contribution is 2.48. The Bertz CT molecular complexity index is 2290. The molecular formula is C40H49ClN6O11. The van der Waals surface area contributed by atoms with Crippen molar-refractivity contribution in [3.05, 3.63) is 52.9 Å². The van der Waals surface area contributed by atoms with Gasteiger partial charge in [0, 0.05) is 75.1 Å². The van der Waals surface area contributed by atoms with Crippen LogP contribution in [0.15, 0.2) is 34.7 Å². The second-order valence-electron chi connectivity index (χ2n) is 15.6. The number of hydrogen-bond acceptors (Lipinski definition) is 11. The molecule has 2 N–H and O–H groups in total. The van der Waals surface area contributed by atoms with E-state index in [2.05, 4.69) is 10.4 Å². The molecule has 312 valence electrons. The van der Waals surface area contributed by atoms with Crippen molar-refractivity contribution in [1.29, 1.82) is 0 Å². The van der Waals surface area contributed by atoms with Crippen LogP contribution < -0.4 is 19.8 Å². The SMILES string of the molecule is COC(=O)c1c(C)[nH]c2c(OC(=O)N(C)CCN(C)C(=O)C(C)(C)C(=O)N(C)NC(=O)OC(C)(C)C)cc3c(c12)[C@H](CCl)CN3C(=O)c1cc2cc(OC)ccc2o1. The third-order valence-corrected chi connectivity index (χ3v) is 10.1. The molecule has 2 aromatic heterocycles. The van der Waals surface area contributed by atoms with Crippen molar-refractivity contribution in [3.63, 3.8) is 0 Å². The first-order valence-electron chi connectivity index (χ1n) is 18.3. The fourth-order valence-electron chi connectivity index (χ4n) is 6.81. The maximum absolute atomic E-state index is 14.2. The number of methoxy groups -OCH3 is 2. The Hall–Kier alpha value is -5.97. The lowest BCUT2D eigenvalue weighted by Crippen LogP contribution is -2.55. The standard InChI is InChI=1S/C40H49ClN6O11/c1-21-29(34(49)55-11)31-30-23(19-41)20-47(33(48)28-17-22-16-24(54-10)12-13-26(22)56-28)25(30)18-27(32(31)42-21)57-38(53)45(8)15-14-44(7)35(50)40(5,6)36(51)46(9)43-37(52)58-39(2,3)4/h12-13,16-18,23,42H,14-15,19-20H2,1-11H3,(H,43,52)/t23-/m1/s1. The van der Waals surface area contributed by atoms with Crippen molar-refractivity contribution >= 4 is 75.0 Å². The lowest BCUT2D eigenvalue weighted by Gasteiger charge is -2.32. The number of benzene rings is 2. The number of carbonyl (C=O) groups excluding carboxylic acids is 6. The molecule has 17 nitrogen and oxygen atoms in total. The van der Waals surface area contributed by atoms with Gasteiger partial charge in [-0.1, -0.05) is 0 Å². The molecule has 1 aliphatic heterocycles. The van der Waals surface area contributed by atoms with Crippen molar-refractivity contribution in [2.45, 2.75) is 53.1 Å². The van der Waals surface area contributed by atoms with Gasteiger partial charge in [0.25, 0.3) is 11.8 Å². The van der Waals surface area contributed by atoms with Crippen LogP contribution in [-0.4, -0.2) is 122 Å². The fraction of sp³-hybridized carbons (Fsp3) is 0.450. The van der Waals surface area contributed by atoms with Crippen molar-refractivity contribution < 1.29 is 52.1 Å². The summed E-state index contributed by atoms with van der Waals surface area (Å²) in [6.45, 7) is 9.68. The van der Waals surface area contributed by atoms with E-state index in [1.165, 1.54) is 63.9 Å². The Morgan fingerprint density at radius 3 is 2.26 bits per heavy atom. The number of H-pyrrole nitrogens is 1. The number of rotatable bonds is 10. The monoisotopic (exact) mass is 824 g/mol. The van der Waals surface area contributed by atoms with E-state index in [1.807, 2.05) is 0 Å². The Morgan fingerprint density at radius 1 is 0.966 bits per heavy atom. The first-order valence-corrected chi connectivity index (χ1v) is 18.9. The summed E-state index contributed by atoms with van der Waals surface area (Å²) in [5.74, 6) is -2.05. The van der Waals surface area contributed by atoms with E-state index in [0.717, 1.165) is 5.01 Å². The number of amides is 5. The third kappa shape index (κ3) is 8.49. The predicted molar refractivity (Wildman–Crippen MR) is 214 cm³/mol.